The molecule has 0 saturated heterocycles. The molecule has 0 bridgehead atoms. The van der Waals surface area contributed by atoms with Gasteiger partial charge in [-0.3, -0.25) is 9.59 Å². The average molecular weight is 444 g/mol. The maximum Gasteiger partial charge on any atom is 0.266 e. The summed E-state index contributed by atoms with van der Waals surface area (Å²) >= 11 is 5.94. The van der Waals surface area contributed by atoms with Gasteiger partial charge in [0.15, 0.2) is 0 Å². The van der Waals surface area contributed by atoms with Gasteiger partial charge in [0.2, 0.25) is 5.91 Å². The molecule has 4 rings (SSSR count). The molecule has 0 saturated carbocycles. The first kappa shape index (κ1) is 21.5. The van der Waals surface area contributed by atoms with Crippen LogP contribution in [0.5, 0.6) is 0 Å². The van der Waals surface area contributed by atoms with Gasteiger partial charge in [0, 0.05) is 40.9 Å². The van der Waals surface area contributed by atoms with Crippen molar-refractivity contribution in [2.45, 2.75) is 19.4 Å². The number of hydrogen-bond donors (Lipinski definition) is 1. The molecule has 4 aromatic rings. The van der Waals surface area contributed by atoms with Gasteiger partial charge in [0.05, 0.1) is 5.69 Å². The first-order valence-corrected chi connectivity index (χ1v) is 10.8. The van der Waals surface area contributed by atoms with E-state index in [9.17, 15) is 9.59 Å². The molecule has 32 heavy (non-hydrogen) atoms. The van der Waals surface area contributed by atoms with E-state index in [0.29, 0.717) is 23.7 Å². The van der Waals surface area contributed by atoms with Crippen molar-refractivity contribution >= 4 is 23.2 Å². The minimum atomic E-state index is -0.197. The molecule has 0 fully saturated rings. The maximum absolute atomic E-state index is 12.6. The number of carbonyl (C=O) groups is 1. The van der Waals surface area contributed by atoms with Crippen molar-refractivity contribution in [2.75, 3.05) is 5.32 Å². The van der Waals surface area contributed by atoms with Crippen LogP contribution in [0.25, 0.3) is 22.4 Å². The highest BCUT2D eigenvalue weighted by Gasteiger charge is 2.09. The van der Waals surface area contributed by atoms with Crippen LogP contribution in [0, 0.1) is 0 Å². The molecule has 0 radical (unpaired) electrons. The van der Waals surface area contributed by atoms with Gasteiger partial charge < -0.3 is 5.32 Å². The second kappa shape index (κ2) is 10.1. The minimum Gasteiger partial charge on any atom is -0.326 e. The topological polar surface area (TPSA) is 64.0 Å². The van der Waals surface area contributed by atoms with Crippen molar-refractivity contribution in [2.24, 2.45) is 0 Å². The summed E-state index contributed by atoms with van der Waals surface area (Å²) in [6.07, 6.45) is 0.777. The molecule has 0 atom stereocenters. The number of nitrogens with zero attached hydrogens (tertiary/aromatic N) is 2. The number of amides is 1. The molecule has 0 spiro atoms. The predicted octanol–water partition coefficient (Wildman–Crippen LogP) is 5.65. The Bertz CT molecular complexity index is 1270. The monoisotopic (exact) mass is 443 g/mol. The van der Waals surface area contributed by atoms with Crippen LogP contribution in [0.15, 0.2) is 95.8 Å². The molecular weight excluding hydrogens is 422 g/mol. The van der Waals surface area contributed by atoms with Gasteiger partial charge in [-0.15, -0.1) is 0 Å². The van der Waals surface area contributed by atoms with Gasteiger partial charge in [0.1, 0.15) is 0 Å². The Balaban J connectivity index is 1.39. The third kappa shape index (κ3) is 5.31. The van der Waals surface area contributed by atoms with Crippen LogP contribution in [0.4, 0.5) is 5.69 Å². The van der Waals surface area contributed by atoms with Crippen molar-refractivity contribution in [3.8, 4) is 22.4 Å². The summed E-state index contributed by atoms with van der Waals surface area (Å²) in [6.45, 7) is 0.355. The average Bonchev–Trinajstić information content (AvgIpc) is 2.82. The zero-order chi connectivity index (χ0) is 22.3. The number of carbonyl (C=O) groups excluding carboxylic acids is 1. The zero-order valence-corrected chi connectivity index (χ0v) is 18.1. The molecule has 160 valence electrons. The molecule has 0 aliphatic rings. The Morgan fingerprint density at radius 1 is 0.844 bits per heavy atom. The maximum atomic E-state index is 12.6. The zero-order valence-electron chi connectivity index (χ0n) is 17.4. The Morgan fingerprint density at radius 3 is 2.34 bits per heavy atom. The summed E-state index contributed by atoms with van der Waals surface area (Å²) in [7, 11) is 0. The number of nitrogens with one attached hydrogen (secondary N) is 1. The summed E-state index contributed by atoms with van der Waals surface area (Å²) in [5.74, 6) is -0.102. The summed E-state index contributed by atoms with van der Waals surface area (Å²) in [6, 6.07) is 28.1. The summed E-state index contributed by atoms with van der Waals surface area (Å²) in [5.41, 5.74) is 4.13. The lowest BCUT2D eigenvalue weighted by molar-refractivity contribution is -0.116. The van der Waals surface area contributed by atoms with Crippen LogP contribution in [-0.4, -0.2) is 15.7 Å². The molecule has 1 heterocycles. The molecule has 6 heteroatoms. The molecule has 0 aliphatic heterocycles. The standard InChI is InChI=1S/C26H22ClN3O2/c27-21-14-12-20(13-15-21)23-16-17-26(32)30(29-23)18-6-11-25(31)28-24-10-5-4-9-22(24)19-7-2-1-3-8-19/h1-5,7-10,12-17H,6,11,18H2,(H,28,31). The molecule has 1 aromatic heterocycles. The van der Waals surface area contributed by atoms with E-state index in [-0.39, 0.29) is 17.9 Å². The lowest BCUT2D eigenvalue weighted by Crippen LogP contribution is -2.23. The lowest BCUT2D eigenvalue weighted by Gasteiger charge is -2.12. The van der Waals surface area contributed by atoms with E-state index in [1.807, 2.05) is 66.7 Å². The Labute approximate surface area is 191 Å². The Morgan fingerprint density at radius 2 is 1.56 bits per heavy atom. The largest absolute Gasteiger partial charge is 0.326 e. The van der Waals surface area contributed by atoms with Crippen molar-refractivity contribution in [1.29, 1.82) is 0 Å². The van der Waals surface area contributed by atoms with E-state index >= 15 is 0 Å². The van der Waals surface area contributed by atoms with Crippen molar-refractivity contribution in [3.63, 3.8) is 0 Å². The van der Waals surface area contributed by atoms with Gasteiger partial charge in [-0.1, -0.05) is 72.3 Å². The first-order valence-electron chi connectivity index (χ1n) is 10.4. The fourth-order valence-corrected chi connectivity index (χ4v) is 3.57. The fraction of sp³-hybridized carbons (Fsp3) is 0.115. The van der Waals surface area contributed by atoms with Gasteiger partial charge in [-0.05, 0) is 36.2 Å². The molecular formula is C26H22ClN3O2. The Kier molecular flexibility index (Phi) is 6.78. The highest BCUT2D eigenvalue weighted by molar-refractivity contribution is 6.30. The summed E-state index contributed by atoms with van der Waals surface area (Å²) in [4.78, 5) is 24.8. The van der Waals surface area contributed by atoms with Crippen LogP contribution in [0.1, 0.15) is 12.8 Å². The SMILES string of the molecule is O=C(CCCn1nc(-c2ccc(Cl)cc2)ccc1=O)Nc1ccccc1-c1ccccc1. The quantitative estimate of drug-likeness (QED) is 0.401. The second-order valence-electron chi connectivity index (χ2n) is 7.35. The number of aryl methyl sites for hydroxylation is 1. The van der Waals surface area contributed by atoms with Crippen LogP contribution in [-0.2, 0) is 11.3 Å². The van der Waals surface area contributed by atoms with Crippen molar-refractivity contribution in [1.82, 2.24) is 9.78 Å². The van der Waals surface area contributed by atoms with Crippen LogP contribution < -0.4 is 10.9 Å². The molecule has 1 amide bonds. The third-order valence-corrected chi connectivity index (χ3v) is 5.32. The van der Waals surface area contributed by atoms with E-state index in [4.69, 9.17) is 11.6 Å². The third-order valence-electron chi connectivity index (χ3n) is 5.07. The predicted molar refractivity (Wildman–Crippen MR) is 129 cm³/mol. The molecule has 0 aliphatic carbocycles. The number of halogens is 1. The van der Waals surface area contributed by atoms with Gasteiger partial charge in [-0.2, -0.15) is 5.10 Å². The van der Waals surface area contributed by atoms with Gasteiger partial charge in [0.25, 0.3) is 5.56 Å². The molecule has 3 aromatic carbocycles. The van der Waals surface area contributed by atoms with Crippen molar-refractivity contribution < 1.29 is 4.79 Å². The fourth-order valence-electron chi connectivity index (χ4n) is 3.45. The highest BCUT2D eigenvalue weighted by Crippen LogP contribution is 2.27. The van der Waals surface area contributed by atoms with E-state index in [1.54, 1.807) is 18.2 Å². The first-order chi connectivity index (χ1) is 15.6. The van der Waals surface area contributed by atoms with Crippen LogP contribution in [0.3, 0.4) is 0 Å². The van der Waals surface area contributed by atoms with E-state index in [2.05, 4.69) is 10.4 Å². The lowest BCUT2D eigenvalue weighted by atomic mass is 10.0. The number of benzene rings is 3. The minimum absolute atomic E-state index is 0.102. The number of aromatic nitrogens is 2. The van der Waals surface area contributed by atoms with E-state index < -0.39 is 0 Å². The number of para-hydroxylation sites is 1. The smallest absolute Gasteiger partial charge is 0.266 e. The Hall–Kier alpha value is -3.70. The molecule has 1 N–H and O–H groups in total. The van der Waals surface area contributed by atoms with Crippen LogP contribution in [0.2, 0.25) is 5.02 Å². The highest BCUT2D eigenvalue weighted by atomic mass is 35.5. The summed E-state index contributed by atoms with van der Waals surface area (Å²) < 4.78 is 1.40. The van der Waals surface area contributed by atoms with E-state index in [0.717, 1.165) is 22.4 Å². The number of hydrogen-bond acceptors (Lipinski definition) is 3. The normalized spacial score (nSPS) is 10.7. The summed E-state index contributed by atoms with van der Waals surface area (Å²) in [5, 5.41) is 8.07. The second-order valence-corrected chi connectivity index (χ2v) is 7.79. The van der Waals surface area contributed by atoms with E-state index in [1.165, 1.54) is 10.7 Å². The van der Waals surface area contributed by atoms with Gasteiger partial charge in [-0.25, -0.2) is 4.68 Å². The molecule has 0 unspecified atom stereocenters. The molecule has 5 nitrogen and oxygen atoms in total. The van der Waals surface area contributed by atoms with Crippen LogP contribution >= 0.6 is 11.6 Å². The number of anilines is 1. The number of rotatable bonds is 7. The van der Waals surface area contributed by atoms with Gasteiger partial charge >= 0.3 is 0 Å². The van der Waals surface area contributed by atoms with Crippen molar-refractivity contribution in [3.05, 3.63) is 106 Å².